The summed E-state index contributed by atoms with van der Waals surface area (Å²) in [4.78, 5) is 26.2. The molecule has 0 bridgehead atoms. The van der Waals surface area contributed by atoms with Crippen LogP contribution >= 0.6 is 28.1 Å². The molecule has 2 N–H and O–H groups in total. The molecule has 0 aliphatic carbocycles. The van der Waals surface area contributed by atoms with Gasteiger partial charge in [0.05, 0.1) is 5.69 Å². The molecule has 24 heavy (non-hydrogen) atoms. The molecule has 3 rings (SSSR count). The molecule has 0 atom stereocenters. The highest BCUT2D eigenvalue weighted by atomic mass is 79.9. The fourth-order valence-electron chi connectivity index (χ4n) is 2.25. The first-order chi connectivity index (χ1) is 11.5. The first-order valence-corrected chi connectivity index (χ1v) is 8.12. The van der Waals surface area contributed by atoms with E-state index in [0.29, 0.717) is 11.3 Å². The van der Waals surface area contributed by atoms with Gasteiger partial charge in [0, 0.05) is 10.0 Å². The number of anilines is 1. The van der Waals surface area contributed by atoms with Crippen molar-refractivity contribution in [2.75, 3.05) is 4.90 Å². The number of thiocarbonyl (C=S) groups is 1. The average molecular weight is 403 g/mol. The van der Waals surface area contributed by atoms with E-state index in [2.05, 4.69) is 21.2 Å². The summed E-state index contributed by atoms with van der Waals surface area (Å²) in [5, 5.41) is 12.4. The van der Waals surface area contributed by atoms with Gasteiger partial charge in [0.15, 0.2) is 5.11 Å². The molecule has 120 valence electrons. The molecule has 2 amide bonds. The summed E-state index contributed by atoms with van der Waals surface area (Å²) in [7, 11) is 0. The Morgan fingerprint density at radius 3 is 2.42 bits per heavy atom. The Labute approximate surface area is 151 Å². The van der Waals surface area contributed by atoms with Gasteiger partial charge in [0.1, 0.15) is 11.3 Å². The quantitative estimate of drug-likeness (QED) is 0.460. The van der Waals surface area contributed by atoms with E-state index >= 15 is 0 Å². The van der Waals surface area contributed by atoms with Gasteiger partial charge in [-0.15, -0.1) is 0 Å². The number of hydrogen-bond donors (Lipinski definition) is 2. The van der Waals surface area contributed by atoms with E-state index in [-0.39, 0.29) is 16.4 Å². The van der Waals surface area contributed by atoms with Crippen molar-refractivity contribution in [1.29, 1.82) is 0 Å². The minimum atomic E-state index is -0.596. The zero-order valence-electron chi connectivity index (χ0n) is 12.2. The molecule has 2 aromatic carbocycles. The van der Waals surface area contributed by atoms with Crippen LogP contribution in [0.15, 0.2) is 58.6 Å². The number of para-hydroxylation sites is 1. The number of aromatic hydroxyl groups is 1. The minimum absolute atomic E-state index is 0.0155. The fourth-order valence-corrected chi connectivity index (χ4v) is 2.79. The molecule has 7 heteroatoms. The van der Waals surface area contributed by atoms with Gasteiger partial charge in [-0.3, -0.25) is 19.8 Å². The van der Waals surface area contributed by atoms with Gasteiger partial charge in [0.25, 0.3) is 11.8 Å². The second kappa shape index (κ2) is 6.54. The van der Waals surface area contributed by atoms with Crippen molar-refractivity contribution in [3.63, 3.8) is 0 Å². The molecular weight excluding hydrogens is 392 g/mol. The van der Waals surface area contributed by atoms with Crippen LogP contribution in [0.5, 0.6) is 5.75 Å². The highest BCUT2D eigenvalue weighted by Gasteiger charge is 2.34. The molecule has 1 heterocycles. The van der Waals surface area contributed by atoms with Gasteiger partial charge in [-0.05, 0) is 48.6 Å². The van der Waals surface area contributed by atoms with Crippen molar-refractivity contribution in [2.45, 2.75) is 0 Å². The number of amides is 2. The van der Waals surface area contributed by atoms with E-state index in [4.69, 9.17) is 12.2 Å². The number of carbonyl (C=O) groups excluding carboxylic acids is 2. The molecule has 1 aliphatic rings. The Balaban J connectivity index is 2.03. The molecular formula is C17H11BrN2O3S. The Bertz CT molecular complexity index is 878. The van der Waals surface area contributed by atoms with Gasteiger partial charge in [-0.2, -0.15) is 0 Å². The SMILES string of the molecule is O=C1NC(=S)N(c2ccc(Br)cc2)C(=O)C1=Cc1ccccc1O. The number of phenolic OH excluding ortho intramolecular Hbond substituents is 1. The van der Waals surface area contributed by atoms with Gasteiger partial charge < -0.3 is 5.11 Å². The van der Waals surface area contributed by atoms with Crippen molar-refractivity contribution >= 4 is 56.8 Å². The highest BCUT2D eigenvalue weighted by Crippen LogP contribution is 2.25. The van der Waals surface area contributed by atoms with Gasteiger partial charge in [-0.25, -0.2) is 0 Å². The van der Waals surface area contributed by atoms with E-state index in [1.54, 1.807) is 42.5 Å². The van der Waals surface area contributed by atoms with Crippen LogP contribution in [-0.2, 0) is 9.59 Å². The Morgan fingerprint density at radius 2 is 1.75 bits per heavy atom. The summed E-state index contributed by atoms with van der Waals surface area (Å²) in [5.41, 5.74) is 0.809. The largest absolute Gasteiger partial charge is 0.507 e. The number of halogens is 1. The maximum Gasteiger partial charge on any atom is 0.270 e. The number of phenols is 1. The monoisotopic (exact) mass is 402 g/mol. The Kier molecular flexibility index (Phi) is 4.46. The highest BCUT2D eigenvalue weighted by molar-refractivity contribution is 9.10. The number of nitrogens with one attached hydrogen (secondary N) is 1. The van der Waals surface area contributed by atoms with E-state index < -0.39 is 11.8 Å². The van der Waals surface area contributed by atoms with E-state index in [9.17, 15) is 14.7 Å². The van der Waals surface area contributed by atoms with E-state index in [1.807, 2.05) is 0 Å². The second-order valence-electron chi connectivity index (χ2n) is 4.99. The summed E-state index contributed by atoms with van der Waals surface area (Å²) in [5.74, 6) is -1.16. The second-order valence-corrected chi connectivity index (χ2v) is 6.30. The molecule has 1 aliphatic heterocycles. The third-order valence-electron chi connectivity index (χ3n) is 3.42. The lowest BCUT2D eigenvalue weighted by atomic mass is 10.1. The zero-order chi connectivity index (χ0) is 17.3. The van der Waals surface area contributed by atoms with Crippen LogP contribution in [0.4, 0.5) is 5.69 Å². The lowest BCUT2D eigenvalue weighted by Gasteiger charge is -2.29. The van der Waals surface area contributed by atoms with Crippen molar-refractivity contribution < 1.29 is 14.7 Å². The summed E-state index contributed by atoms with van der Waals surface area (Å²) in [6, 6.07) is 13.4. The van der Waals surface area contributed by atoms with Gasteiger partial charge in [-0.1, -0.05) is 34.1 Å². The first-order valence-electron chi connectivity index (χ1n) is 6.92. The van der Waals surface area contributed by atoms with E-state index in [0.717, 1.165) is 4.47 Å². The number of hydrogen-bond acceptors (Lipinski definition) is 4. The summed E-state index contributed by atoms with van der Waals surface area (Å²) in [6.07, 6.45) is 1.35. The molecule has 1 saturated heterocycles. The zero-order valence-corrected chi connectivity index (χ0v) is 14.6. The van der Waals surface area contributed by atoms with Gasteiger partial charge >= 0.3 is 0 Å². The topological polar surface area (TPSA) is 69.6 Å². The third kappa shape index (κ3) is 3.08. The lowest BCUT2D eigenvalue weighted by molar-refractivity contribution is -0.122. The molecule has 0 unspecified atom stereocenters. The van der Waals surface area contributed by atoms with Crippen molar-refractivity contribution in [3.05, 3.63) is 64.1 Å². The van der Waals surface area contributed by atoms with Crippen LogP contribution < -0.4 is 10.2 Å². The van der Waals surface area contributed by atoms with Crippen molar-refractivity contribution in [1.82, 2.24) is 5.32 Å². The van der Waals surface area contributed by atoms with E-state index in [1.165, 1.54) is 17.0 Å². The van der Waals surface area contributed by atoms with Crippen LogP contribution in [0.25, 0.3) is 6.08 Å². The smallest absolute Gasteiger partial charge is 0.270 e. The molecule has 0 aromatic heterocycles. The molecule has 0 radical (unpaired) electrons. The van der Waals surface area contributed by atoms with Crippen LogP contribution in [0.1, 0.15) is 5.56 Å². The average Bonchev–Trinajstić information content (AvgIpc) is 2.54. The maximum atomic E-state index is 12.8. The maximum absolute atomic E-state index is 12.8. The third-order valence-corrected chi connectivity index (χ3v) is 4.24. The van der Waals surface area contributed by atoms with Gasteiger partial charge in [0.2, 0.25) is 0 Å². The van der Waals surface area contributed by atoms with Crippen molar-refractivity contribution in [3.8, 4) is 5.75 Å². The molecule has 2 aromatic rings. The first kappa shape index (κ1) is 16.4. The normalized spacial score (nSPS) is 16.5. The fraction of sp³-hybridized carbons (Fsp3) is 0. The van der Waals surface area contributed by atoms with Crippen molar-refractivity contribution in [2.24, 2.45) is 0 Å². The number of nitrogens with zero attached hydrogens (tertiary/aromatic N) is 1. The Hall–Kier alpha value is -2.51. The van der Waals surface area contributed by atoms with Crippen LogP contribution in [-0.4, -0.2) is 22.0 Å². The summed E-state index contributed by atoms with van der Waals surface area (Å²) < 4.78 is 0.857. The predicted octanol–water partition coefficient (Wildman–Crippen LogP) is 2.99. The predicted molar refractivity (Wildman–Crippen MR) is 98.5 cm³/mol. The summed E-state index contributed by atoms with van der Waals surface area (Å²) in [6.45, 7) is 0. The molecule has 0 saturated carbocycles. The van der Waals surface area contributed by atoms with Crippen LogP contribution in [0.3, 0.4) is 0 Å². The Morgan fingerprint density at radius 1 is 1.08 bits per heavy atom. The molecule has 5 nitrogen and oxygen atoms in total. The number of carbonyl (C=O) groups is 2. The number of benzene rings is 2. The standard InChI is InChI=1S/C17H11BrN2O3S/c18-11-5-7-12(8-6-11)20-16(23)13(15(22)19-17(20)24)9-10-3-1-2-4-14(10)21/h1-9,21H,(H,19,22,24). The lowest BCUT2D eigenvalue weighted by Crippen LogP contribution is -2.54. The number of rotatable bonds is 2. The molecule has 1 fully saturated rings. The minimum Gasteiger partial charge on any atom is -0.507 e. The molecule has 0 spiro atoms. The van der Waals surface area contributed by atoms with Crippen LogP contribution in [0.2, 0.25) is 0 Å². The summed E-state index contributed by atoms with van der Waals surface area (Å²) >= 11 is 8.45. The van der Waals surface area contributed by atoms with Crippen LogP contribution in [0, 0.1) is 0 Å².